The van der Waals surface area contributed by atoms with Crippen molar-refractivity contribution < 1.29 is 9.47 Å². The summed E-state index contributed by atoms with van der Waals surface area (Å²) < 4.78 is 13.0. The van der Waals surface area contributed by atoms with E-state index in [-0.39, 0.29) is 6.04 Å². The van der Waals surface area contributed by atoms with Gasteiger partial charge in [0.05, 0.1) is 25.5 Å². The van der Waals surface area contributed by atoms with E-state index in [1.54, 1.807) is 20.4 Å². The fourth-order valence-electron chi connectivity index (χ4n) is 3.61. The van der Waals surface area contributed by atoms with E-state index in [2.05, 4.69) is 30.9 Å². The van der Waals surface area contributed by atoms with Crippen LogP contribution in [0.1, 0.15) is 35.8 Å². The fourth-order valence-corrected chi connectivity index (χ4v) is 3.61. The van der Waals surface area contributed by atoms with E-state index in [9.17, 15) is 0 Å². The van der Waals surface area contributed by atoms with Crippen LogP contribution in [0.25, 0.3) is 0 Å². The first-order valence-electron chi connectivity index (χ1n) is 8.93. The van der Waals surface area contributed by atoms with Crippen molar-refractivity contribution in [2.75, 3.05) is 27.4 Å². The van der Waals surface area contributed by atoms with Crippen molar-refractivity contribution in [3.63, 3.8) is 0 Å². The predicted octanol–water partition coefficient (Wildman–Crippen LogP) is 1.84. The van der Waals surface area contributed by atoms with E-state index >= 15 is 0 Å². The van der Waals surface area contributed by atoms with Crippen LogP contribution in [0.2, 0.25) is 0 Å². The first kappa shape index (κ1) is 16.5. The first-order chi connectivity index (χ1) is 12.3. The van der Waals surface area contributed by atoms with Gasteiger partial charge in [-0.25, -0.2) is 9.67 Å². The molecule has 25 heavy (non-hydrogen) atoms. The minimum atomic E-state index is 0.117. The number of aromatic nitrogens is 4. The summed E-state index contributed by atoms with van der Waals surface area (Å²) in [5.41, 5.74) is 3.43. The van der Waals surface area contributed by atoms with Crippen LogP contribution in [0.15, 0.2) is 18.3 Å². The van der Waals surface area contributed by atoms with Crippen LogP contribution < -0.4 is 4.74 Å². The lowest BCUT2D eigenvalue weighted by Crippen LogP contribution is -2.38. The van der Waals surface area contributed by atoms with E-state index in [0.29, 0.717) is 12.5 Å². The minimum absolute atomic E-state index is 0.117. The summed E-state index contributed by atoms with van der Waals surface area (Å²) >= 11 is 0. The predicted molar refractivity (Wildman–Crippen MR) is 92.3 cm³/mol. The highest BCUT2D eigenvalue weighted by atomic mass is 16.5. The Morgan fingerprint density at radius 3 is 2.92 bits per heavy atom. The Bertz CT molecular complexity index is 728. The van der Waals surface area contributed by atoms with Crippen molar-refractivity contribution >= 4 is 0 Å². The number of hydrogen-bond donors (Lipinski definition) is 0. The second-order valence-electron chi connectivity index (χ2n) is 6.91. The van der Waals surface area contributed by atoms with Crippen molar-refractivity contribution in [1.82, 2.24) is 24.9 Å². The molecular weight excluding hydrogens is 318 g/mol. The third-order valence-electron chi connectivity index (χ3n) is 5.13. The van der Waals surface area contributed by atoms with Crippen LogP contribution in [0, 0.1) is 5.92 Å². The summed E-state index contributed by atoms with van der Waals surface area (Å²) in [6, 6.07) is 4.13. The van der Waals surface area contributed by atoms with Crippen LogP contribution in [-0.2, 0) is 24.2 Å². The normalized spacial score (nSPS) is 20.5. The number of ether oxygens (including phenoxy) is 2. The van der Waals surface area contributed by atoms with Gasteiger partial charge in [0.25, 0.3) is 0 Å². The van der Waals surface area contributed by atoms with E-state index in [1.165, 1.54) is 18.5 Å². The van der Waals surface area contributed by atoms with Gasteiger partial charge < -0.3 is 9.47 Å². The largest absolute Gasteiger partial charge is 0.481 e. The summed E-state index contributed by atoms with van der Waals surface area (Å²) in [6.45, 7) is 3.34. The molecule has 0 N–H and O–H groups in total. The van der Waals surface area contributed by atoms with E-state index in [4.69, 9.17) is 9.47 Å². The number of fused-ring (bicyclic) bond motifs is 1. The monoisotopic (exact) mass is 343 g/mol. The maximum absolute atomic E-state index is 5.50. The molecule has 0 amide bonds. The SMILES string of the molecule is COCC1c2nnn(CC3CC3)c2CCN1Cc1cccnc1OC. The minimum Gasteiger partial charge on any atom is -0.481 e. The molecule has 2 aromatic rings. The number of rotatable bonds is 7. The highest BCUT2D eigenvalue weighted by Crippen LogP contribution is 2.34. The van der Waals surface area contributed by atoms with Gasteiger partial charge in [0.1, 0.15) is 5.69 Å². The van der Waals surface area contributed by atoms with Crippen LogP contribution in [0.5, 0.6) is 5.88 Å². The van der Waals surface area contributed by atoms with Gasteiger partial charge in [-0.2, -0.15) is 0 Å². The molecule has 7 heteroatoms. The quantitative estimate of drug-likeness (QED) is 0.764. The molecule has 0 radical (unpaired) electrons. The van der Waals surface area contributed by atoms with Crippen molar-refractivity contribution in [3.8, 4) is 5.88 Å². The van der Waals surface area contributed by atoms with Gasteiger partial charge in [-0.1, -0.05) is 11.3 Å². The van der Waals surface area contributed by atoms with Crippen LogP contribution in [0.3, 0.4) is 0 Å². The molecule has 0 spiro atoms. The standard InChI is InChI=1S/C18H25N5O2/c1-24-12-16-17-15(23(21-20-17)10-13-5-6-13)7-9-22(16)11-14-4-3-8-19-18(14)25-2/h3-4,8,13,16H,5-7,9-12H2,1-2H3. The maximum atomic E-state index is 5.50. The highest BCUT2D eigenvalue weighted by molar-refractivity contribution is 5.27. The number of methoxy groups -OCH3 is 2. The molecule has 1 saturated carbocycles. The molecule has 1 aliphatic carbocycles. The number of pyridine rings is 1. The van der Waals surface area contributed by atoms with Gasteiger partial charge in [-0.3, -0.25) is 4.90 Å². The summed E-state index contributed by atoms with van der Waals surface area (Å²) in [4.78, 5) is 6.70. The Kier molecular flexibility index (Phi) is 4.67. The van der Waals surface area contributed by atoms with Gasteiger partial charge in [-0.15, -0.1) is 5.10 Å². The topological polar surface area (TPSA) is 65.3 Å². The Labute approximate surface area is 147 Å². The van der Waals surface area contributed by atoms with E-state index in [0.717, 1.165) is 43.2 Å². The van der Waals surface area contributed by atoms with E-state index < -0.39 is 0 Å². The molecule has 1 fully saturated rings. The van der Waals surface area contributed by atoms with E-state index in [1.807, 2.05) is 6.07 Å². The van der Waals surface area contributed by atoms with Crippen LogP contribution >= 0.6 is 0 Å². The summed E-state index contributed by atoms with van der Waals surface area (Å²) in [7, 11) is 3.40. The zero-order valence-corrected chi connectivity index (χ0v) is 14.9. The lowest BCUT2D eigenvalue weighted by Gasteiger charge is -2.34. The highest BCUT2D eigenvalue weighted by Gasteiger charge is 2.34. The molecule has 7 nitrogen and oxygen atoms in total. The van der Waals surface area contributed by atoms with Gasteiger partial charge in [0.2, 0.25) is 5.88 Å². The molecule has 2 aliphatic rings. The average Bonchev–Trinajstić information content (AvgIpc) is 3.36. The second-order valence-corrected chi connectivity index (χ2v) is 6.91. The molecule has 0 saturated heterocycles. The van der Waals surface area contributed by atoms with Crippen molar-refractivity contribution in [3.05, 3.63) is 35.3 Å². The van der Waals surface area contributed by atoms with Crippen molar-refractivity contribution in [1.29, 1.82) is 0 Å². The summed E-state index contributed by atoms with van der Waals surface area (Å²) in [6.07, 6.45) is 5.37. The molecule has 0 bridgehead atoms. The zero-order chi connectivity index (χ0) is 17.2. The smallest absolute Gasteiger partial charge is 0.217 e. The summed E-state index contributed by atoms with van der Waals surface area (Å²) in [5.74, 6) is 1.48. The molecule has 1 unspecified atom stereocenters. The number of nitrogens with zero attached hydrogens (tertiary/aromatic N) is 5. The third-order valence-corrected chi connectivity index (χ3v) is 5.13. The number of hydrogen-bond acceptors (Lipinski definition) is 6. The van der Waals surface area contributed by atoms with Crippen LogP contribution in [-0.4, -0.2) is 52.2 Å². The maximum Gasteiger partial charge on any atom is 0.217 e. The second kappa shape index (κ2) is 7.09. The lowest BCUT2D eigenvalue weighted by atomic mass is 10.0. The Balaban J connectivity index is 1.57. The Morgan fingerprint density at radius 2 is 2.16 bits per heavy atom. The Morgan fingerprint density at radius 1 is 1.28 bits per heavy atom. The molecule has 1 atom stereocenters. The molecule has 0 aromatic carbocycles. The van der Waals surface area contributed by atoms with Gasteiger partial charge in [-0.05, 0) is 24.8 Å². The molecule has 1 aliphatic heterocycles. The molecule has 2 aromatic heterocycles. The molecule has 3 heterocycles. The first-order valence-corrected chi connectivity index (χ1v) is 8.93. The fraction of sp³-hybridized carbons (Fsp3) is 0.611. The molecular formula is C18H25N5O2. The van der Waals surface area contributed by atoms with Crippen LogP contribution in [0.4, 0.5) is 0 Å². The lowest BCUT2D eigenvalue weighted by molar-refractivity contribution is 0.0742. The molecule has 134 valence electrons. The Hall–Kier alpha value is -1.99. The van der Waals surface area contributed by atoms with Gasteiger partial charge in [0.15, 0.2) is 0 Å². The van der Waals surface area contributed by atoms with Gasteiger partial charge in [0, 0.05) is 44.9 Å². The van der Waals surface area contributed by atoms with Gasteiger partial charge >= 0.3 is 0 Å². The zero-order valence-electron chi connectivity index (χ0n) is 14.9. The third kappa shape index (κ3) is 3.39. The van der Waals surface area contributed by atoms with Crippen molar-refractivity contribution in [2.45, 2.75) is 38.4 Å². The van der Waals surface area contributed by atoms with Crippen molar-refractivity contribution in [2.24, 2.45) is 5.92 Å². The summed E-state index contributed by atoms with van der Waals surface area (Å²) in [5, 5.41) is 8.95. The average molecular weight is 343 g/mol. The molecule has 4 rings (SSSR count).